The fourth-order valence-electron chi connectivity index (χ4n) is 3.78. The molecule has 2 heterocycles. The quantitative estimate of drug-likeness (QED) is 0.618. The van der Waals surface area contributed by atoms with Crippen molar-refractivity contribution in [3.63, 3.8) is 0 Å². The Morgan fingerprint density at radius 1 is 1.10 bits per heavy atom. The molecule has 30 heavy (non-hydrogen) atoms. The molecule has 0 unspecified atom stereocenters. The number of hydrogen-bond acceptors (Lipinski definition) is 5. The minimum Gasteiger partial charge on any atom is -0.497 e. The number of piperidine rings is 1. The standard InChI is InChI=1S/C22H22FN3O3S/c1-29-19-6-2-4-16(14-19)21-22(25-12-11-24-21)17-5-3-13-26(15-17)30(27,28)20-9-7-18(23)8-10-20/h2,4,6-12,14,17H,3,5,13,15H2,1H3/t17-/m0/s1. The first-order chi connectivity index (χ1) is 14.5. The molecule has 0 N–H and O–H groups in total. The molecule has 0 radical (unpaired) electrons. The second kappa shape index (κ2) is 8.49. The Morgan fingerprint density at radius 2 is 1.87 bits per heavy atom. The highest BCUT2D eigenvalue weighted by Gasteiger charge is 2.32. The fourth-order valence-corrected chi connectivity index (χ4v) is 5.30. The molecular formula is C22H22FN3O3S. The summed E-state index contributed by atoms with van der Waals surface area (Å²) in [6.45, 7) is 0.723. The van der Waals surface area contributed by atoms with Gasteiger partial charge in [0.15, 0.2) is 0 Å². The lowest BCUT2D eigenvalue weighted by molar-refractivity contribution is 0.312. The van der Waals surface area contributed by atoms with E-state index in [1.807, 2.05) is 24.3 Å². The maximum atomic E-state index is 13.2. The summed E-state index contributed by atoms with van der Waals surface area (Å²) in [5.74, 6) is 0.157. The summed E-state index contributed by atoms with van der Waals surface area (Å²) >= 11 is 0. The molecule has 2 aromatic carbocycles. The summed E-state index contributed by atoms with van der Waals surface area (Å²) in [6.07, 6.45) is 4.78. The Balaban J connectivity index is 1.65. The molecule has 1 aliphatic heterocycles. The second-order valence-electron chi connectivity index (χ2n) is 7.18. The molecular weight excluding hydrogens is 405 g/mol. The van der Waals surface area contributed by atoms with Crippen LogP contribution in [0.5, 0.6) is 5.75 Å². The van der Waals surface area contributed by atoms with Gasteiger partial charge in [0.05, 0.1) is 23.4 Å². The van der Waals surface area contributed by atoms with Crippen LogP contribution in [0.2, 0.25) is 0 Å². The lowest BCUT2D eigenvalue weighted by Crippen LogP contribution is -2.39. The Kier molecular flexibility index (Phi) is 5.78. The van der Waals surface area contributed by atoms with Gasteiger partial charge in [-0.2, -0.15) is 4.31 Å². The van der Waals surface area contributed by atoms with Crippen molar-refractivity contribution in [1.82, 2.24) is 14.3 Å². The molecule has 4 rings (SSSR count). The number of sulfonamides is 1. The summed E-state index contributed by atoms with van der Waals surface area (Å²) in [7, 11) is -2.10. The van der Waals surface area contributed by atoms with Crippen molar-refractivity contribution in [2.75, 3.05) is 20.2 Å². The molecule has 1 aromatic heterocycles. The van der Waals surface area contributed by atoms with Gasteiger partial charge in [-0.25, -0.2) is 12.8 Å². The second-order valence-corrected chi connectivity index (χ2v) is 9.12. The van der Waals surface area contributed by atoms with Crippen molar-refractivity contribution in [3.8, 4) is 17.0 Å². The molecule has 8 heteroatoms. The Bertz CT molecular complexity index is 1140. The van der Waals surface area contributed by atoms with Crippen LogP contribution in [0.25, 0.3) is 11.3 Å². The third-order valence-electron chi connectivity index (χ3n) is 5.29. The summed E-state index contributed by atoms with van der Waals surface area (Å²) in [6, 6.07) is 12.5. The minimum atomic E-state index is -3.71. The van der Waals surface area contributed by atoms with Crippen molar-refractivity contribution in [1.29, 1.82) is 0 Å². The zero-order chi connectivity index (χ0) is 21.1. The van der Waals surface area contributed by atoms with Crippen LogP contribution in [0.1, 0.15) is 24.5 Å². The average molecular weight is 428 g/mol. The van der Waals surface area contributed by atoms with Gasteiger partial charge in [0.1, 0.15) is 11.6 Å². The fraction of sp³-hybridized carbons (Fsp3) is 0.273. The number of methoxy groups -OCH3 is 1. The lowest BCUT2D eigenvalue weighted by atomic mass is 9.92. The van der Waals surface area contributed by atoms with Crippen LogP contribution in [-0.2, 0) is 10.0 Å². The van der Waals surface area contributed by atoms with E-state index in [-0.39, 0.29) is 10.8 Å². The van der Waals surface area contributed by atoms with E-state index in [1.54, 1.807) is 19.5 Å². The third kappa shape index (κ3) is 4.06. The summed E-state index contributed by atoms with van der Waals surface area (Å²) in [5, 5.41) is 0. The smallest absolute Gasteiger partial charge is 0.243 e. The monoisotopic (exact) mass is 427 g/mol. The first-order valence-corrected chi connectivity index (χ1v) is 11.1. The largest absolute Gasteiger partial charge is 0.497 e. The van der Waals surface area contributed by atoms with Crippen LogP contribution in [0, 0.1) is 5.82 Å². The van der Waals surface area contributed by atoms with Gasteiger partial charge in [-0.05, 0) is 49.2 Å². The molecule has 1 fully saturated rings. The van der Waals surface area contributed by atoms with Crippen LogP contribution in [-0.4, -0.2) is 42.9 Å². The van der Waals surface area contributed by atoms with E-state index in [0.717, 1.165) is 35.5 Å². The number of ether oxygens (including phenoxy) is 1. The van der Waals surface area contributed by atoms with Crippen LogP contribution >= 0.6 is 0 Å². The van der Waals surface area contributed by atoms with Gasteiger partial charge in [0.25, 0.3) is 0 Å². The SMILES string of the molecule is COc1cccc(-c2nccnc2[C@H]2CCCN(S(=O)(=O)c3ccc(F)cc3)C2)c1. The number of hydrogen-bond donors (Lipinski definition) is 0. The predicted molar refractivity (Wildman–Crippen MR) is 111 cm³/mol. The number of halogens is 1. The van der Waals surface area contributed by atoms with E-state index < -0.39 is 15.8 Å². The van der Waals surface area contributed by atoms with Gasteiger partial charge in [0.2, 0.25) is 10.0 Å². The normalized spacial score (nSPS) is 17.6. The topological polar surface area (TPSA) is 72.4 Å². The van der Waals surface area contributed by atoms with Crippen LogP contribution in [0.15, 0.2) is 65.8 Å². The Morgan fingerprint density at radius 3 is 2.63 bits per heavy atom. The van der Waals surface area contributed by atoms with E-state index in [0.29, 0.717) is 25.3 Å². The highest BCUT2D eigenvalue weighted by Crippen LogP contribution is 2.34. The molecule has 0 aliphatic carbocycles. The Hall–Kier alpha value is -2.84. The molecule has 1 aliphatic rings. The third-order valence-corrected chi connectivity index (χ3v) is 7.17. The van der Waals surface area contributed by atoms with Gasteiger partial charge in [-0.1, -0.05) is 12.1 Å². The molecule has 0 saturated carbocycles. The van der Waals surface area contributed by atoms with Crippen molar-refractivity contribution in [2.24, 2.45) is 0 Å². The first-order valence-electron chi connectivity index (χ1n) is 9.70. The van der Waals surface area contributed by atoms with E-state index in [1.165, 1.54) is 16.4 Å². The number of nitrogens with zero attached hydrogens (tertiary/aromatic N) is 3. The maximum Gasteiger partial charge on any atom is 0.243 e. The predicted octanol–water partition coefficient (Wildman–Crippen LogP) is 3.86. The first kappa shape index (κ1) is 20.4. The Labute approximate surface area is 175 Å². The summed E-state index contributed by atoms with van der Waals surface area (Å²) in [4.78, 5) is 9.18. The maximum absolute atomic E-state index is 13.2. The molecule has 0 amide bonds. The van der Waals surface area contributed by atoms with Crippen molar-refractivity contribution in [3.05, 3.63) is 72.4 Å². The molecule has 1 saturated heterocycles. The van der Waals surface area contributed by atoms with Crippen molar-refractivity contribution in [2.45, 2.75) is 23.7 Å². The lowest BCUT2D eigenvalue weighted by Gasteiger charge is -2.32. The van der Waals surface area contributed by atoms with E-state index in [9.17, 15) is 12.8 Å². The summed E-state index contributed by atoms with van der Waals surface area (Å²) < 4.78 is 46.1. The van der Waals surface area contributed by atoms with E-state index >= 15 is 0 Å². The minimum absolute atomic E-state index is 0.0936. The molecule has 0 bridgehead atoms. The molecule has 156 valence electrons. The van der Waals surface area contributed by atoms with Crippen molar-refractivity contribution < 1.29 is 17.5 Å². The van der Waals surface area contributed by atoms with Crippen LogP contribution in [0.3, 0.4) is 0 Å². The zero-order valence-electron chi connectivity index (χ0n) is 16.5. The van der Waals surface area contributed by atoms with Gasteiger partial charge < -0.3 is 4.74 Å². The highest BCUT2D eigenvalue weighted by atomic mass is 32.2. The van der Waals surface area contributed by atoms with Crippen LogP contribution < -0.4 is 4.74 Å². The number of aromatic nitrogens is 2. The summed E-state index contributed by atoms with van der Waals surface area (Å²) in [5.41, 5.74) is 2.36. The van der Waals surface area contributed by atoms with Crippen LogP contribution in [0.4, 0.5) is 4.39 Å². The molecule has 1 atom stereocenters. The highest BCUT2D eigenvalue weighted by molar-refractivity contribution is 7.89. The molecule has 3 aromatic rings. The zero-order valence-corrected chi connectivity index (χ0v) is 17.3. The van der Waals surface area contributed by atoms with Crippen molar-refractivity contribution >= 4 is 10.0 Å². The van der Waals surface area contributed by atoms with Gasteiger partial charge in [0, 0.05) is 37.0 Å². The molecule has 0 spiro atoms. The van der Waals surface area contributed by atoms with E-state index in [2.05, 4.69) is 9.97 Å². The van der Waals surface area contributed by atoms with E-state index in [4.69, 9.17) is 4.74 Å². The van der Waals surface area contributed by atoms with Gasteiger partial charge >= 0.3 is 0 Å². The number of benzene rings is 2. The number of rotatable bonds is 5. The van der Waals surface area contributed by atoms with Gasteiger partial charge in [-0.15, -0.1) is 0 Å². The van der Waals surface area contributed by atoms with Gasteiger partial charge in [-0.3, -0.25) is 9.97 Å². The molecule has 6 nitrogen and oxygen atoms in total. The average Bonchev–Trinajstić information content (AvgIpc) is 2.79.